The van der Waals surface area contributed by atoms with E-state index in [-0.39, 0.29) is 17.4 Å². The fraction of sp³-hybridized carbons (Fsp3) is 0.229. The first-order valence-electron chi connectivity index (χ1n) is 15.0. The molecule has 1 saturated heterocycles. The van der Waals surface area contributed by atoms with E-state index in [0.29, 0.717) is 72.6 Å². The Morgan fingerprint density at radius 1 is 0.804 bits per heavy atom. The average Bonchev–Trinajstić information content (AvgIpc) is 3.10. The Bertz CT molecular complexity index is 1950. The maximum absolute atomic E-state index is 13.2. The summed E-state index contributed by atoms with van der Waals surface area (Å²) >= 11 is 0. The number of pyridine rings is 1. The van der Waals surface area contributed by atoms with E-state index in [9.17, 15) is 14.4 Å². The van der Waals surface area contributed by atoms with E-state index >= 15 is 0 Å². The summed E-state index contributed by atoms with van der Waals surface area (Å²) in [4.78, 5) is 52.6. The lowest BCUT2D eigenvalue weighted by atomic mass is 10.1. The van der Waals surface area contributed by atoms with E-state index in [0.717, 1.165) is 16.6 Å². The number of aromatic nitrogens is 3. The molecule has 11 heteroatoms. The van der Waals surface area contributed by atoms with Gasteiger partial charge in [-0.2, -0.15) is 4.98 Å². The van der Waals surface area contributed by atoms with Gasteiger partial charge in [0.1, 0.15) is 0 Å². The number of amides is 2. The summed E-state index contributed by atoms with van der Waals surface area (Å²) in [5, 5.41) is 3.67. The molecule has 234 valence electrons. The zero-order valence-electron chi connectivity index (χ0n) is 25.9. The number of rotatable bonds is 8. The van der Waals surface area contributed by atoms with Crippen molar-refractivity contribution in [2.45, 2.75) is 13.5 Å². The lowest BCUT2D eigenvalue weighted by Gasteiger charge is -2.35. The van der Waals surface area contributed by atoms with Gasteiger partial charge in [-0.3, -0.25) is 19.0 Å². The first kappa shape index (κ1) is 30.3. The van der Waals surface area contributed by atoms with Crippen molar-refractivity contribution in [1.82, 2.24) is 24.8 Å². The van der Waals surface area contributed by atoms with Gasteiger partial charge < -0.3 is 24.6 Å². The van der Waals surface area contributed by atoms with Crippen LogP contribution in [0.3, 0.4) is 0 Å². The minimum atomic E-state index is -0.253. The summed E-state index contributed by atoms with van der Waals surface area (Å²) in [6.45, 7) is 4.39. The Hall–Kier alpha value is -5.71. The predicted molar refractivity (Wildman–Crippen MR) is 175 cm³/mol. The molecule has 2 aromatic heterocycles. The van der Waals surface area contributed by atoms with Crippen molar-refractivity contribution in [3.8, 4) is 17.2 Å². The quantitative estimate of drug-likeness (QED) is 0.277. The Labute approximate surface area is 266 Å². The molecule has 1 fully saturated rings. The third kappa shape index (κ3) is 6.12. The van der Waals surface area contributed by atoms with Crippen LogP contribution < -0.4 is 25.2 Å². The number of aryl methyl sites for hydroxylation is 1. The van der Waals surface area contributed by atoms with Crippen LogP contribution in [0.25, 0.3) is 16.7 Å². The number of methoxy groups -OCH3 is 2. The number of ether oxygens (including phenoxy) is 2. The highest BCUT2D eigenvalue weighted by atomic mass is 16.5. The first-order chi connectivity index (χ1) is 22.4. The van der Waals surface area contributed by atoms with Gasteiger partial charge >= 0.3 is 0 Å². The topological polar surface area (TPSA) is 119 Å². The van der Waals surface area contributed by atoms with E-state index < -0.39 is 0 Å². The third-order valence-electron chi connectivity index (χ3n) is 8.09. The van der Waals surface area contributed by atoms with Crippen molar-refractivity contribution in [3.63, 3.8) is 0 Å². The van der Waals surface area contributed by atoms with Crippen molar-refractivity contribution >= 4 is 28.8 Å². The summed E-state index contributed by atoms with van der Waals surface area (Å²) in [7, 11) is 3.14. The SMILES string of the molecule is COc1ccc(CNC(=O)c2ccc(-n3c(=O)ccc4c(C)nc(N5CCN(C(=O)c6ccccc6)CC5)nc43)cc2)cc1OC. The lowest BCUT2D eigenvalue weighted by molar-refractivity contribution is 0.0746. The number of carbonyl (C=O) groups is 2. The zero-order valence-corrected chi connectivity index (χ0v) is 25.9. The van der Waals surface area contributed by atoms with Gasteiger partial charge in [-0.25, -0.2) is 4.98 Å². The van der Waals surface area contributed by atoms with Crippen LogP contribution >= 0.6 is 0 Å². The third-order valence-corrected chi connectivity index (χ3v) is 8.09. The van der Waals surface area contributed by atoms with Crippen molar-refractivity contribution in [3.05, 3.63) is 118 Å². The molecule has 1 N–H and O–H groups in total. The molecule has 46 heavy (non-hydrogen) atoms. The van der Waals surface area contributed by atoms with Crippen molar-refractivity contribution in [2.24, 2.45) is 0 Å². The summed E-state index contributed by atoms with van der Waals surface area (Å²) in [5.41, 5.74) is 3.52. The maximum atomic E-state index is 13.2. The van der Waals surface area contributed by atoms with Crippen molar-refractivity contribution < 1.29 is 19.1 Å². The van der Waals surface area contributed by atoms with Gasteiger partial charge in [0.05, 0.1) is 25.6 Å². The largest absolute Gasteiger partial charge is 0.493 e. The number of anilines is 1. The van der Waals surface area contributed by atoms with Crippen LogP contribution in [-0.2, 0) is 6.54 Å². The zero-order chi connectivity index (χ0) is 32.2. The Morgan fingerprint density at radius 2 is 1.52 bits per heavy atom. The molecule has 0 atom stereocenters. The van der Waals surface area contributed by atoms with E-state index in [1.807, 2.05) is 59.2 Å². The van der Waals surface area contributed by atoms with Gasteiger partial charge in [-0.1, -0.05) is 24.3 Å². The number of hydrogen-bond acceptors (Lipinski definition) is 8. The van der Waals surface area contributed by atoms with Crippen LogP contribution in [0.1, 0.15) is 32.0 Å². The molecule has 0 bridgehead atoms. The van der Waals surface area contributed by atoms with Gasteiger partial charge in [-0.05, 0) is 67.1 Å². The lowest BCUT2D eigenvalue weighted by Crippen LogP contribution is -2.49. The van der Waals surface area contributed by atoms with Crippen LogP contribution in [-0.4, -0.2) is 71.6 Å². The van der Waals surface area contributed by atoms with Gasteiger partial charge in [0.15, 0.2) is 17.1 Å². The summed E-state index contributed by atoms with van der Waals surface area (Å²) in [6.07, 6.45) is 0. The Balaban J connectivity index is 1.20. The molecule has 0 radical (unpaired) electrons. The summed E-state index contributed by atoms with van der Waals surface area (Å²) in [5.74, 6) is 1.45. The normalized spacial score (nSPS) is 13.0. The van der Waals surface area contributed by atoms with Crippen LogP contribution in [0.4, 0.5) is 5.95 Å². The second-order valence-corrected chi connectivity index (χ2v) is 10.9. The maximum Gasteiger partial charge on any atom is 0.256 e. The molecule has 3 heterocycles. The molecular weight excluding hydrogens is 584 g/mol. The van der Waals surface area contributed by atoms with E-state index in [1.54, 1.807) is 50.6 Å². The number of carbonyl (C=O) groups excluding carboxylic acids is 2. The molecule has 3 aromatic carbocycles. The average molecular weight is 619 g/mol. The van der Waals surface area contributed by atoms with Crippen LogP contribution in [0, 0.1) is 6.92 Å². The second kappa shape index (κ2) is 13.1. The molecular formula is C35H34N6O5. The highest BCUT2D eigenvalue weighted by molar-refractivity contribution is 5.95. The number of nitrogens with one attached hydrogen (secondary N) is 1. The minimum absolute atomic E-state index is 0.00258. The Kier molecular flexibility index (Phi) is 8.64. The summed E-state index contributed by atoms with van der Waals surface area (Å²) < 4.78 is 12.2. The molecule has 1 aliphatic heterocycles. The van der Waals surface area contributed by atoms with Crippen molar-refractivity contribution in [1.29, 1.82) is 0 Å². The van der Waals surface area contributed by atoms with E-state index in [2.05, 4.69) is 5.32 Å². The fourth-order valence-corrected chi connectivity index (χ4v) is 5.55. The molecule has 11 nitrogen and oxygen atoms in total. The molecule has 6 rings (SSSR count). The van der Waals surface area contributed by atoms with Crippen LogP contribution in [0.15, 0.2) is 89.7 Å². The van der Waals surface area contributed by atoms with Gasteiger partial charge in [0.2, 0.25) is 5.95 Å². The number of piperazine rings is 1. The monoisotopic (exact) mass is 618 g/mol. The predicted octanol–water partition coefficient (Wildman–Crippen LogP) is 4.00. The molecule has 5 aromatic rings. The smallest absolute Gasteiger partial charge is 0.256 e. The molecule has 1 aliphatic rings. The highest BCUT2D eigenvalue weighted by Gasteiger charge is 2.24. The molecule has 0 unspecified atom stereocenters. The first-order valence-corrected chi connectivity index (χ1v) is 15.0. The number of benzene rings is 3. The van der Waals surface area contributed by atoms with Gasteiger partial charge in [0.25, 0.3) is 17.4 Å². The number of nitrogens with zero attached hydrogens (tertiary/aromatic N) is 5. The Morgan fingerprint density at radius 3 is 2.22 bits per heavy atom. The number of fused-ring (bicyclic) bond motifs is 1. The summed E-state index contributed by atoms with van der Waals surface area (Å²) in [6, 6.07) is 24.8. The fourth-order valence-electron chi connectivity index (χ4n) is 5.55. The van der Waals surface area contributed by atoms with Gasteiger partial charge in [-0.15, -0.1) is 0 Å². The molecule has 0 spiro atoms. The minimum Gasteiger partial charge on any atom is -0.493 e. The van der Waals surface area contributed by atoms with Gasteiger partial charge in [0, 0.05) is 55.3 Å². The molecule has 2 amide bonds. The van der Waals surface area contributed by atoms with E-state index in [4.69, 9.17) is 19.4 Å². The highest BCUT2D eigenvalue weighted by Crippen LogP contribution is 2.27. The standard InChI is InChI=1S/C35H34N6O5/c1-23-28-14-16-31(42)41(27-12-10-25(11-13-27)33(43)36-22-24-9-15-29(45-2)30(21-24)46-3)32(28)38-35(37-23)40-19-17-39(18-20-40)34(44)26-7-5-4-6-8-26/h4-16,21H,17-20,22H2,1-3H3,(H,36,43). The van der Waals surface area contributed by atoms with Crippen LogP contribution in [0.2, 0.25) is 0 Å². The second-order valence-electron chi connectivity index (χ2n) is 10.9. The molecule has 0 aliphatic carbocycles. The van der Waals surface area contributed by atoms with Crippen molar-refractivity contribution in [2.75, 3.05) is 45.3 Å². The molecule has 0 saturated carbocycles. The van der Waals surface area contributed by atoms with Crippen LogP contribution in [0.5, 0.6) is 11.5 Å². The number of hydrogen-bond donors (Lipinski definition) is 1. The van der Waals surface area contributed by atoms with E-state index in [1.165, 1.54) is 10.6 Å².